The van der Waals surface area contributed by atoms with Gasteiger partial charge in [-0.25, -0.2) is 0 Å². The van der Waals surface area contributed by atoms with Gasteiger partial charge in [-0.05, 0) is 51.0 Å². The first-order valence-electron chi connectivity index (χ1n) is 10.7. The highest BCUT2D eigenvalue weighted by atomic mass is 127. The lowest BCUT2D eigenvalue weighted by Crippen LogP contribution is -2.37. The van der Waals surface area contributed by atoms with Crippen molar-refractivity contribution in [1.29, 1.82) is 0 Å². The third-order valence-corrected chi connectivity index (χ3v) is 5.16. The van der Waals surface area contributed by atoms with Crippen molar-refractivity contribution in [2.45, 2.75) is 52.7 Å². The van der Waals surface area contributed by atoms with Crippen LogP contribution in [0.15, 0.2) is 23.2 Å². The summed E-state index contributed by atoms with van der Waals surface area (Å²) >= 11 is 0. The van der Waals surface area contributed by atoms with Crippen LogP contribution in [0.2, 0.25) is 0 Å². The molecular weight excluding hydrogens is 479 g/mol. The Balaban J connectivity index is 0.00000420. The van der Waals surface area contributed by atoms with E-state index < -0.39 is 0 Å². The first-order chi connectivity index (χ1) is 13.7. The van der Waals surface area contributed by atoms with Crippen molar-refractivity contribution in [3.63, 3.8) is 0 Å². The Morgan fingerprint density at radius 1 is 1.24 bits per heavy atom. The van der Waals surface area contributed by atoms with E-state index in [0.717, 1.165) is 62.9 Å². The van der Waals surface area contributed by atoms with E-state index in [0.29, 0.717) is 13.2 Å². The number of aryl methyl sites for hydroxylation is 1. The molecule has 1 aromatic rings. The molecule has 1 atom stereocenters. The molecule has 1 aliphatic rings. The average Bonchev–Trinajstić information content (AvgIpc) is 3.21. The fourth-order valence-electron chi connectivity index (χ4n) is 3.31. The van der Waals surface area contributed by atoms with Gasteiger partial charge in [-0.2, -0.15) is 0 Å². The maximum absolute atomic E-state index is 6.18. The molecular formula is C22H39IN4O2. The van der Waals surface area contributed by atoms with Crippen molar-refractivity contribution in [3.8, 4) is 5.75 Å². The Morgan fingerprint density at radius 3 is 2.69 bits per heavy atom. The zero-order valence-electron chi connectivity index (χ0n) is 18.5. The number of aliphatic imine (C=N–C) groups is 1. The quantitative estimate of drug-likeness (QED) is 0.203. The van der Waals surface area contributed by atoms with Crippen LogP contribution >= 0.6 is 24.0 Å². The van der Waals surface area contributed by atoms with Crippen LogP contribution in [0.4, 0.5) is 0 Å². The Kier molecular flexibility index (Phi) is 13.3. The molecule has 1 saturated heterocycles. The Hall–Kier alpha value is -1.06. The van der Waals surface area contributed by atoms with Crippen LogP contribution in [-0.4, -0.2) is 63.4 Å². The van der Waals surface area contributed by atoms with E-state index in [9.17, 15) is 0 Å². The molecule has 2 rings (SSSR count). The smallest absolute Gasteiger partial charge is 0.191 e. The van der Waals surface area contributed by atoms with Crippen LogP contribution in [-0.2, 0) is 11.3 Å². The van der Waals surface area contributed by atoms with Crippen molar-refractivity contribution in [2.24, 2.45) is 4.99 Å². The van der Waals surface area contributed by atoms with Crippen LogP contribution in [0, 0.1) is 6.92 Å². The lowest BCUT2D eigenvalue weighted by atomic mass is 10.1. The van der Waals surface area contributed by atoms with Crippen LogP contribution in [0.5, 0.6) is 5.75 Å². The number of nitrogens with one attached hydrogen (secondary N) is 2. The molecule has 0 saturated carbocycles. The Bertz CT molecular complexity index is 602. The van der Waals surface area contributed by atoms with Gasteiger partial charge in [-0.3, -0.25) is 4.99 Å². The van der Waals surface area contributed by atoms with Gasteiger partial charge in [0.05, 0.1) is 13.2 Å². The second-order valence-electron chi connectivity index (χ2n) is 7.30. The molecule has 1 heterocycles. The first-order valence-corrected chi connectivity index (χ1v) is 10.7. The third-order valence-electron chi connectivity index (χ3n) is 5.16. The molecule has 7 heteroatoms. The number of unbranched alkanes of at least 4 members (excludes halogenated alkanes) is 1. The van der Waals surface area contributed by atoms with Gasteiger partial charge in [-0.1, -0.05) is 26.0 Å². The largest absolute Gasteiger partial charge is 0.488 e. The molecule has 6 nitrogen and oxygen atoms in total. The molecule has 2 N–H and O–H groups in total. The molecule has 0 aromatic heterocycles. The molecule has 1 aromatic carbocycles. The summed E-state index contributed by atoms with van der Waals surface area (Å²) in [7, 11) is 1.81. The van der Waals surface area contributed by atoms with Gasteiger partial charge < -0.3 is 25.0 Å². The van der Waals surface area contributed by atoms with E-state index >= 15 is 0 Å². The highest BCUT2D eigenvalue weighted by molar-refractivity contribution is 14.0. The summed E-state index contributed by atoms with van der Waals surface area (Å²) in [6.07, 6.45) is 3.45. The van der Waals surface area contributed by atoms with Crippen LogP contribution < -0.4 is 15.4 Å². The highest BCUT2D eigenvalue weighted by Crippen LogP contribution is 2.23. The second-order valence-corrected chi connectivity index (χ2v) is 7.30. The summed E-state index contributed by atoms with van der Waals surface area (Å²) < 4.78 is 11.6. The standard InChI is InChI=1S/C22H38N4O2.HI/c1-5-26(6-2)13-8-7-12-24-22(23-4)25-16-19-10-9-18(3)15-21(19)28-20-11-14-27-17-20;/h9-10,15,20H,5-8,11-14,16-17H2,1-4H3,(H2,23,24,25);1H. The molecule has 1 fully saturated rings. The minimum atomic E-state index is 0. The minimum absolute atomic E-state index is 0. The lowest BCUT2D eigenvalue weighted by molar-refractivity contribution is 0.140. The number of halogens is 1. The lowest BCUT2D eigenvalue weighted by Gasteiger charge is -2.19. The van der Waals surface area contributed by atoms with Crippen molar-refractivity contribution in [3.05, 3.63) is 29.3 Å². The number of nitrogens with zero attached hydrogens (tertiary/aromatic N) is 2. The zero-order chi connectivity index (χ0) is 20.2. The summed E-state index contributed by atoms with van der Waals surface area (Å²) in [5, 5.41) is 6.82. The molecule has 0 radical (unpaired) electrons. The number of ether oxygens (including phenoxy) is 2. The normalized spacial score (nSPS) is 16.6. The number of benzene rings is 1. The summed E-state index contributed by atoms with van der Waals surface area (Å²) in [5.74, 6) is 1.77. The fourth-order valence-corrected chi connectivity index (χ4v) is 3.31. The molecule has 0 bridgehead atoms. The number of hydrogen-bond acceptors (Lipinski definition) is 4. The van der Waals surface area contributed by atoms with E-state index in [1.807, 2.05) is 7.05 Å². The summed E-state index contributed by atoms with van der Waals surface area (Å²) in [6, 6.07) is 6.36. The maximum atomic E-state index is 6.18. The van der Waals surface area contributed by atoms with Crippen molar-refractivity contribution >= 4 is 29.9 Å². The van der Waals surface area contributed by atoms with E-state index in [4.69, 9.17) is 9.47 Å². The van der Waals surface area contributed by atoms with E-state index in [1.165, 1.54) is 12.0 Å². The molecule has 166 valence electrons. The molecule has 1 unspecified atom stereocenters. The second kappa shape index (κ2) is 14.8. The molecule has 1 aliphatic heterocycles. The molecule has 29 heavy (non-hydrogen) atoms. The van der Waals surface area contributed by atoms with Gasteiger partial charge in [0, 0.05) is 32.1 Å². The predicted molar refractivity (Wildman–Crippen MR) is 132 cm³/mol. The van der Waals surface area contributed by atoms with Gasteiger partial charge in [0.2, 0.25) is 0 Å². The van der Waals surface area contributed by atoms with Gasteiger partial charge >= 0.3 is 0 Å². The van der Waals surface area contributed by atoms with E-state index in [1.54, 1.807) is 0 Å². The summed E-state index contributed by atoms with van der Waals surface area (Å²) in [5.41, 5.74) is 2.34. The van der Waals surface area contributed by atoms with Gasteiger partial charge in [-0.15, -0.1) is 24.0 Å². The SMILES string of the molecule is CCN(CC)CCCCNC(=NC)NCc1ccc(C)cc1OC1CCOC1.I. The van der Waals surface area contributed by atoms with Gasteiger partial charge in [0.1, 0.15) is 11.9 Å². The van der Waals surface area contributed by atoms with E-state index in [2.05, 4.69) is 59.5 Å². The monoisotopic (exact) mass is 518 g/mol. The molecule has 0 amide bonds. The van der Waals surface area contributed by atoms with Gasteiger partial charge in [0.25, 0.3) is 0 Å². The Labute approximate surface area is 193 Å². The van der Waals surface area contributed by atoms with Crippen molar-refractivity contribution in [1.82, 2.24) is 15.5 Å². The van der Waals surface area contributed by atoms with Crippen LogP contribution in [0.25, 0.3) is 0 Å². The van der Waals surface area contributed by atoms with Crippen LogP contribution in [0.3, 0.4) is 0 Å². The van der Waals surface area contributed by atoms with Gasteiger partial charge in [0.15, 0.2) is 5.96 Å². The van der Waals surface area contributed by atoms with Crippen LogP contribution in [0.1, 0.15) is 44.2 Å². The third kappa shape index (κ3) is 9.53. The first kappa shape index (κ1) is 26.0. The molecule has 0 aliphatic carbocycles. The van der Waals surface area contributed by atoms with Crippen molar-refractivity contribution in [2.75, 3.05) is 46.4 Å². The summed E-state index contributed by atoms with van der Waals surface area (Å²) in [4.78, 5) is 6.80. The fraction of sp³-hybridized carbons (Fsp3) is 0.682. The number of rotatable bonds is 11. The Morgan fingerprint density at radius 2 is 2.03 bits per heavy atom. The summed E-state index contributed by atoms with van der Waals surface area (Å²) in [6.45, 7) is 13.0. The number of hydrogen-bond donors (Lipinski definition) is 2. The molecule has 0 spiro atoms. The maximum Gasteiger partial charge on any atom is 0.191 e. The highest BCUT2D eigenvalue weighted by Gasteiger charge is 2.18. The van der Waals surface area contributed by atoms with E-state index in [-0.39, 0.29) is 30.1 Å². The van der Waals surface area contributed by atoms with Crippen molar-refractivity contribution < 1.29 is 9.47 Å². The predicted octanol–water partition coefficient (Wildman–Crippen LogP) is 3.57. The average molecular weight is 518 g/mol. The zero-order valence-corrected chi connectivity index (χ0v) is 20.8. The minimum Gasteiger partial charge on any atom is -0.488 e. The topological polar surface area (TPSA) is 58.1 Å². The number of guanidine groups is 1.